The Morgan fingerprint density at radius 1 is 1.55 bits per heavy atom. The zero-order valence-electron chi connectivity index (χ0n) is 11.1. The fraction of sp³-hybridized carbons (Fsp3) is 0.333. The van der Waals surface area contributed by atoms with Gasteiger partial charge in [-0.1, -0.05) is 11.8 Å². The van der Waals surface area contributed by atoms with E-state index in [-0.39, 0.29) is 27.8 Å². The van der Waals surface area contributed by atoms with Gasteiger partial charge in [0.15, 0.2) is 0 Å². The lowest BCUT2D eigenvalue weighted by Crippen LogP contribution is -2.68. The van der Waals surface area contributed by atoms with E-state index in [0.29, 0.717) is 16.2 Å². The van der Waals surface area contributed by atoms with Crippen LogP contribution in [0.4, 0.5) is 0 Å². The lowest BCUT2D eigenvalue weighted by atomic mass is 10.0. The summed E-state index contributed by atoms with van der Waals surface area (Å²) in [6.07, 6.45) is 1.54. The summed E-state index contributed by atoms with van der Waals surface area (Å²) in [5.41, 5.74) is 6.22. The van der Waals surface area contributed by atoms with E-state index in [4.69, 9.17) is 5.73 Å². The van der Waals surface area contributed by atoms with Crippen molar-refractivity contribution in [3.8, 4) is 0 Å². The molecule has 1 saturated heterocycles. The maximum Gasteiger partial charge on any atom is 0.352 e. The number of nitrogens with two attached hydrogens (primary N) is 1. The first-order chi connectivity index (χ1) is 10.5. The summed E-state index contributed by atoms with van der Waals surface area (Å²) in [5.74, 6) is -0.860. The van der Waals surface area contributed by atoms with E-state index in [1.165, 1.54) is 16.7 Å². The van der Waals surface area contributed by atoms with Crippen molar-refractivity contribution in [2.45, 2.75) is 11.4 Å². The molecule has 2 aliphatic rings. The number of aromatic nitrogens is 1. The third kappa shape index (κ3) is 2.56. The minimum atomic E-state index is -1.16. The average Bonchev–Trinajstić information content (AvgIpc) is 3.05. The van der Waals surface area contributed by atoms with Gasteiger partial charge in [-0.2, -0.15) is 0 Å². The average molecular weight is 357 g/mol. The van der Waals surface area contributed by atoms with E-state index < -0.39 is 12.0 Å². The summed E-state index contributed by atoms with van der Waals surface area (Å²) >= 11 is 3.55. The van der Waals surface area contributed by atoms with Gasteiger partial charge < -0.3 is 10.8 Å². The number of hydrogen-bond acceptors (Lipinski definition) is 8. The lowest BCUT2D eigenvalue weighted by Gasteiger charge is -2.48. The van der Waals surface area contributed by atoms with Crippen LogP contribution in [0.5, 0.6) is 0 Å². The monoisotopic (exact) mass is 357 g/mol. The summed E-state index contributed by atoms with van der Waals surface area (Å²) in [5, 5.41) is 8.91. The number of thioether (sulfide) groups is 2. The van der Waals surface area contributed by atoms with Gasteiger partial charge >= 0.3 is 5.97 Å². The van der Waals surface area contributed by atoms with Crippen LogP contribution in [0, 0.1) is 0 Å². The Bertz CT molecular complexity index is 673. The Balaban J connectivity index is 1.77. The molecule has 0 aliphatic carbocycles. The van der Waals surface area contributed by atoms with Gasteiger partial charge in [0.2, 0.25) is 11.0 Å². The predicted molar refractivity (Wildman–Crippen MR) is 84.6 cm³/mol. The summed E-state index contributed by atoms with van der Waals surface area (Å²) in [6.45, 7) is 0. The van der Waals surface area contributed by atoms with Crippen molar-refractivity contribution in [3.05, 3.63) is 28.4 Å². The highest BCUT2D eigenvalue weighted by molar-refractivity contribution is 8.14. The first-order valence-corrected chi connectivity index (χ1v) is 9.05. The number of fused-ring (bicyclic) bond motifs is 1. The molecule has 1 amide bonds. The number of hydrogen-bond donors (Lipinski definition) is 2. The molecule has 2 atom stereocenters. The summed E-state index contributed by atoms with van der Waals surface area (Å²) in [6, 6.07) is 0.975. The van der Waals surface area contributed by atoms with E-state index in [1.807, 2.05) is 0 Å². The molecule has 7 nitrogen and oxygen atoms in total. The topological polar surface area (TPSA) is 114 Å². The molecule has 1 unspecified atom stereocenters. The highest BCUT2D eigenvalue weighted by atomic mass is 32.2. The number of carbonyl (C=O) groups is 3. The minimum Gasteiger partial charge on any atom is -0.477 e. The van der Waals surface area contributed by atoms with Crippen molar-refractivity contribution >= 4 is 52.0 Å². The molecule has 0 saturated carbocycles. The molecule has 116 valence electrons. The van der Waals surface area contributed by atoms with Crippen molar-refractivity contribution in [1.29, 1.82) is 0 Å². The van der Waals surface area contributed by atoms with Crippen molar-refractivity contribution in [3.63, 3.8) is 0 Å². The van der Waals surface area contributed by atoms with Crippen LogP contribution in [0.25, 0.3) is 0 Å². The van der Waals surface area contributed by atoms with E-state index in [0.717, 1.165) is 23.3 Å². The molecule has 0 aromatic carbocycles. The third-order valence-corrected chi connectivity index (χ3v) is 6.52. The van der Waals surface area contributed by atoms with Crippen LogP contribution in [-0.2, 0) is 9.59 Å². The Morgan fingerprint density at radius 3 is 2.95 bits per heavy atom. The zero-order chi connectivity index (χ0) is 15.9. The molecule has 10 heteroatoms. The highest BCUT2D eigenvalue weighted by Crippen LogP contribution is 2.40. The van der Waals surface area contributed by atoms with Gasteiger partial charge in [0.1, 0.15) is 22.0 Å². The summed E-state index contributed by atoms with van der Waals surface area (Å²) in [7, 11) is 0. The predicted octanol–water partition coefficient (Wildman–Crippen LogP) is 0.598. The number of aliphatic carboxylic acids is 1. The Kier molecular flexibility index (Phi) is 4.26. The molecule has 1 fully saturated rings. The van der Waals surface area contributed by atoms with Gasteiger partial charge in [-0.15, -0.1) is 11.8 Å². The fourth-order valence-electron chi connectivity index (χ4n) is 2.24. The van der Waals surface area contributed by atoms with Crippen LogP contribution >= 0.6 is 35.1 Å². The Hall–Kier alpha value is -1.36. The zero-order valence-corrected chi connectivity index (χ0v) is 13.5. The molecule has 3 N–H and O–H groups in total. The second-order valence-electron chi connectivity index (χ2n) is 4.65. The van der Waals surface area contributed by atoms with Gasteiger partial charge in [0.25, 0.3) is 0 Å². The molecule has 3 rings (SSSR count). The number of nitrogens with zero attached hydrogens (tertiary/aromatic N) is 2. The lowest BCUT2D eigenvalue weighted by molar-refractivity contribution is -0.147. The second kappa shape index (κ2) is 6.03. The molecular formula is C12H11N3O4S3. The molecule has 0 radical (unpaired) electrons. The molecular weight excluding hydrogens is 346 g/mol. The standard InChI is InChI=1S/C12H11N3O4S3/c13-7-9(16)15-8(11(17)18)5(3-20-10(7)15)4-21-12(19)6-1-2-14-22-6/h1-2,7,10H,3-4,13H2,(H,17,18)/t7?,10-/m1/s1. The van der Waals surface area contributed by atoms with Gasteiger partial charge in [0.05, 0.1) is 0 Å². The molecule has 2 aliphatic heterocycles. The fourth-order valence-corrected chi connectivity index (χ4v) is 5.13. The quantitative estimate of drug-likeness (QED) is 0.753. The highest BCUT2D eigenvalue weighted by Gasteiger charge is 2.51. The van der Waals surface area contributed by atoms with Crippen molar-refractivity contribution in [2.75, 3.05) is 11.5 Å². The molecule has 1 aromatic rings. The van der Waals surface area contributed by atoms with Crippen molar-refractivity contribution in [2.24, 2.45) is 5.73 Å². The number of carbonyl (C=O) groups excluding carboxylic acids is 2. The number of rotatable bonds is 4. The molecule has 0 bridgehead atoms. The summed E-state index contributed by atoms with van der Waals surface area (Å²) in [4.78, 5) is 37.0. The minimum absolute atomic E-state index is 0.0277. The van der Waals surface area contributed by atoms with Crippen LogP contribution in [0.2, 0.25) is 0 Å². The van der Waals surface area contributed by atoms with Gasteiger partial charge in [-0.3, -0.25) is 14.5 Å². The Labute approximate surface area is 138 Å². The largest absolute Gasteiger partial charge is 0.477 e. The van der Waals surface area contributed by atoms with Crippen LogP contribution in [0.15, 0.2) is 23.5 Å². The van der Waals surface area contributed by atoms with Crippen LogP contribution < -0.4 is 5.73 Å². The molecule has 1 aromatic heterocycles. The van der Waals surface area contributed by atoms with Crippen molar-refractivity contribution < 1.29 is 19.5 Å². The first-order valence-electron chi connectivity index (χ1n) is 6.24. The van der Waals surface area contributed by atoms with Gasteiger partial charge in [0, 0.05) is 17.7 Å². The maximum atomic E-state index is 12.0. The molecule has 3 heterocycles. The van der Waals surface area contributed by atoms with E-state index in [1.54, 1.807) is 12.3 Å². The van der Waals surface area contributed by atoms with E-state index in [9.17, 15) is 19.5 Å². The SMILES string of the molecule is NC1C(=O)N2C(C(=O)O)=C(CSC(=O)c3ccns3)CS[C@H]12. The smallest absolute Gasteiger partial charge is 0.352 e. The first kappa shape index (κ1) is 15.5. The summed E-state index contributed by atoms with van der Waals surface area (Å²) < 4.78 is 3.86. The number of carboxylic acids is 1. The normalized spacial score (nSPS) is 24.0. The van der Waals surface area contributed by atoms with Crippen LogP contribution in [-0.4, -0.2) is 54.3 Å². The van der Waals surface area contributed by atoms with Crippen LogP contribution in [0.1, 0.15) is 9.67 Å². The number of β-lactam (4-membered cyclic amide) rings is 1. The van der Waals surface area contributed by atoms with Crippen molar-refractivity contribution in [1.82, 2.24) is 9.27 Å². The van der Waals surface area contributed by atoms with Gasteiger partial charge in [-0.05, 0) is 23.2 Å². The van der Waals surface area contributed by atoms with E-state index >= 15 is 0 Å². The maximum absolute atomic E-state index is 12.0. The van der Waals surface area contributed by atoms with E-state index in [2.05, 4.69) is 4.37 Å². The second-order valence-corrected chi connectivity index (χ2v) is 7.53. The molecule has 0 spiro atoms. The molecule has 22 heavy (non-hydrogen) atoms. The van der Waals surface area contributed by atoms with Gasteiger partial charge in [-0.25, -0.2) is 9.17 Å². The number of amides is 1. The van der Waals surface area contributed by atoms with Crippen LogP contribution in [0.3, 0.4) is 0 Å². The third-order valence-electron chi connectivity index (χ3n) is 3.31. The Morgan fingerprint density at radius 2 is 2.32 bits per heavy atom. The number of carboxylic acid groups (broad SMARTS) is 1.